The third-order valence-corrected chi connectivity index (χ3v) is 5.55. The van der Waals surface area contributed by atoms with Gasteiger partial charge in [-0.05, 0) is 30.3 Å². The van der Waals surface area contributed by atoms with Crippen LogP contribution in [0.3, 0.4) is 0 Å². The van der Waals surface area contributed by atoms with E-state index in [0.717, 1.165) is 11.8 Å². The minimum Gasteiger partial charge on any atom is -0.488 e. The van der Waals surface area contributed by atoms with E-state index in [9.17, 15) is 14.0 Å². The maximum Gasteiger partial charge on any atom is 0.305 e. The summed E-state index contributed by atoms with van der Waals surface area (Å²) in [5, 5.41) is 19.2. The molecule has 1 aliphatic heterocycles. The van der Waals surface area contributed by atoms with Crippen molar-refractivity contribution >= 4 is 58.2 Å². The Morgan fingerprint density at radius 1 is 1.33 bits per heavy atom. The van der Waals surface area contributed by atoms with Crippen LogP contribution >= 0.6 is 35.0 Å². The van der Waals surface area contributed by atoms with Gasteiger partial charge in [-0.15, -0.1) is 5.10 Å². The van der Waals surface area contributed by atoms with Gasteiger partial charge in [0.2, 0.25) is 5.91 Å². The fourth-order valence-electron chi connectivity index (χ4n) is 2.46. The number of ether oxygens (including phenoxy) is 1. The maximum atomic E-state index is 13.9. The van der Waals surface area contributed by atoms with Gasteiger partial charge >= 0.3 is 5.97 Å². The van der Waals surface area contributed by atoms with Crippen LogP contribution in [0, 0.1) is 5.82 Å². The molecule has 0 aliphatic carbocycles. The molecule has 0 bridgehead atoms. The lowest BCUT2D eigenvalue weighted by molar-refractivity contribution is -0.138. The molecular formula is C19H14Cl2FN3O4S. The Morgan fingerprint density at radius 2 is 2.13 bits per heavy atom. The molecule has 0 saturated carbocycles. The molecule has 1 atom stereocenters. The molecule has 156 valence electrons. The van der Waals surface area contributed by atoms with Crippen LogP contribution in [-0.2, 0) is 16.2 Å². The molecule has 1 unspecified atom stereocenters. The van der Waals surface area contributed by atoms with Crippen molar-refractivity contribution in [3.05, 3.63) is 63.4 Å². The number of benzene rings is 2. The molecule has 1 saturated heterocycles. The van der Waals surface area contributed by atoms with Gasteiger partial charge in [-0.3, -0.25) is 9.59 Å². The van der Waals surface area contributed by atoms with Gasteiger partial charge < -0.3 is 15.2 Å². The number of carboxylic acid groups (broad SMARTS) is 1. The highest BCUT2D eigenvalue weighted by atomic mass is 35.5. The summed E-state index contributed by atoms with van der Waals surface area (Å²) >= 11 is 13.0. The zero-order valence-electron chi connectivity index (χ0n) is 15.1. The van der Waals surface area contributed by atoms with Gasteiger partial charge in [-0.25, -0.2) is 4.39 Å². The first-order valence-corrected chi connectivity index (χ1v) is 10.1. The van der Waals surface area contributed by atoms with E-state index in [1.165, 1.54) is 18.3 Å². The lowest BCUT2D eigenvalue weighted by atomic mass is 10.2. The second kappa shape index (κ2) is 9.92. The van der Waals surface area contributed by atoms with Gasteiger partial charge in [0.05, 0.1) is 17.7 Å². The van der Waals surface area contributed by atoms with Crippen LogP contribution in [0.4, 0.5) is 4.39 Å². The van der Waals surface area contributed by atoms with Crippen molar-refractivity contribution in [2.24, 2.45) is 10.2 Å². The molecular weight excluding hydrogens is 456 g/mol. The molecule has 1 aliphatic rings. The number of carboxylic acids is 1. The average molecular weight is 470 g/mol. The van der Waals surface area contributed by atoms with Crippen molar-refractivity contribution in [1.29, 1.82) is 0 Å². The van der Waals surface area contributed by atoms with Crippen molar-refractivity contribution in [1.82, 2.24) is 5.32 Å². The van der Waals surface area contributed by atoms with E-state index in [2.05, 4.69) is 15.5 Å². The number of aliphatic carboxylic acids is 1. The fourth-order valence-corrected chi connectivity index (χ4v) is 3.77. The lowest BCUT2D eigenvalue weighted by Crippen LogP contribution is -2.26. The lowest BCUT2D eigenvalue weighted by Gasteiger charge is -2.11. The Bertz CT molecular complexity index is 1030. The Balaban J connectivity index is 1.73. The number of carbonyl (C=O) groups is 2. The highest BCUT2D eigenvalue weighted by Crippen LogP contribution is 2.26. The Kier molecular flexibility index (Phi) is 7.30. The van der Waals surface area contributed by atoms with Gasteiger partial charge in [0, 0.05) is 16.1 Å². The van der Waals surface area contributed by atoms with E-state index in [-0.39, 0.29) is 28.8 Å². The fraction of sp³-hybridized carbons (Fsp3) is 0.158. The number of halogens is 3. The normalized spacial score (nSPS) is 17.5. The summed E-state index contributed by atoms with van der Waals surface area (Å²) in [6.07, 6.45) is 1.04. The second-order valence-electron chi connectivity index (χ2n) is 6.01. The quantitative estimate of drug-likeness (QED) is 0.469. The van der Waals surface area contributed by atoms with Crippen molar-refractivity contribution < 1.29 is 23.8 Å². The molecule has 2 N–H and O–H groups in total. The van der Waals surface area contributed by atoms with Crippen LogP contribution in [0.5, 0.6) is 5.75 Å². The highest BCUT2D eigenvalue weighted by Gasteiger charge is 2.32. The molecule has 0 spiro atoms. The largest absolute Gasteiger partial charge is 0.488 e. The molecule has 11 heteroatoms. The molecule has 1 amide bonds. The minimum atomic E-state index is -1.08. The predicted octanol–water partition coefficient (Wildman–Crippen LogP) is 4.11. The molecule has 3 rings (SSSR count). The van der Waals surface area contributed by atoms with Crippen molar-refractivity contribution in [2.75, 3.05) is 0 Å². The Morgan fingerprint density at radius 3 is 2.87 bits per heavy atom. The monoisotopic (exact) mass is 469 g/mol. The second-order valence-corrected chi connectivity index (χ2v) is 8.05. The highest BCUT2D eigenvalue weighted by molar-refractivity contribution is 8.15. The van der Waals surface area contributed by atoms with Gasteiger partial charge in [-0.1, -0.05) is 41.0 Å². The van der Waals surface area contributed by atoms with Crippen LogP contribution in [-0.4, -0.2) is 33.6 Å². The van der Waals surface area contributed by atoms with Gasteiger partial charge in [0.25, 0.3) is 0 Å². The summed E-state index contributed by atoms with van der Waals surface area (Å²) in [6.45, 7) is -0.106. The van der Waals surface area contributed by atoms with E-state index in [4.69, 9.17) is 33.0 Å². The number of hydrogen-bond acceptors (Lipinski definition) is 6. The third-order valence-electron chi connectivity index (χ3n) is 3.89. The van der Waals surface area contributed by atoms with E-state index >= 15 is 0 Å². The van der Waals surface area contributed by atoms with Gasteiger partial charge in [0.1, 0.15) is 23.4 Å². The summed E-state index contributed by atoms with van der Waals surface area (Å²) in [7, 11) is 0. The van der Waals surface area contributed by atoms with Gasteiger partial charge in [0.15, 0.2) is 5.17 Å². The number of carbonyl (C=O) groups excluding carboxylic acids is 1. The first-order valence-electron chi connectivity index (χ1n) is 8.49. The average Bonchev–Trinajstić information content (AvgIpc) is 3.01. The van der Waals surface area contributed by atoms with Crippen LogP contribution in [0.15, 0.2) is 46.6 Å². The topological polar surface area (TPSA) is 100 Å². The summed E-state index contributed by atoms with van der Waals surface area (Å²) in [4.78, 5) is 22.5. The van der Waals surface area contributed by atoms with E-state index in [1.807, 2.05) is 0 Å². The number of rotatable bonds is 7. The number of nitrogens with zero attached hydrogens (tertiary/aromatic N) is 2. The maximum absolute atomic E-state index is 13.9. The number of amidine groups is 1. The van der Waals surface area contributed by atoms with Crippen molar-refractivity contribution in [3.63, 3.8) is 0 Å². The SMILES string of the molecule is O=C(O)CC1SC(=NN=Cc2cc(Cl)ccc2OCc2c(F)cccc2Cl)NC1=O. The number of amides is 1. The Labute approximate surface area is 184 Å². The molecule has 7 nitrogen and oxygen atoms in total. The first-order chi connectivity index (χ1) is 14.3. The van der Waals surface area contributed by atoms with Crippen LogP contribution < -0.4 is 10.1 Å². The van der Waals surface area contributed by atoms with Crippen LogP contribution in [0.1, 0.15) is 17.5 Å². The van der Waals surface area contributed by atoms with Gasteiger partial charge in [-0.2, -0.15) is 5.10 Å². The van der Waals surface area contributed by atoms with E-state index < -0.39 is 22.9 Å². The van der Waals surface area contributed by atoms with Crippen LogP contribution in [0.2, 0.25) is 10.0 Å². The van der Waals surface area contributed by atoms with E-state index in [0.29, 0.717) is 16.3 Å². The molecule has 0 radical (unpaired) electrons. The van der Waals surface area contributed by atoms with Crippen LogP contribution in [0.25, 0.3) is 0 Å². The molecule has 2 aromatic carbocycles. The minimum absolute atomic E-state index is 0.106. The number of nitrogens with one attached hydrogen (secondary N) is 1. The van der Waals surface area contributed by atoms with Crippen molar-refractivity contribution in [2.45, 2.75) is 18.3 Å². The summed E-state index contributed by atoms with van der Waals surface area (Å²) in [5.41, 5.74) is 0.683. The van der Waals surface area contributed by atoms with Crippen molar-refractivity contribution in [3.8, 4) is 5.75 Å². The first kappa shape index (κ1) is 22.1. The molecule has 2 aromatic rings. The summed E-state index contributed by atoms with van der Waals surface area (Å²) < 4.78 is 19.6. The smallest absolute Gasteiger partial charge is 0.305 e. The van der Waals surface area contributed by atoms with E-state index in [1.54, 1.807) is 24.3 Å². The standard InChI is InChI=1S/C19H14Cl2FN3O4S/c20-11-4-5-15(29-9-12-13(21)2-1-3-14(12)22)10(6-11)8-23-25-19-24-18(28)16(30-19)7-17(26)27/h1-6,8,16H,7,9H2,(H,26,27)(H,24,25,28). The third kappa shape index (κ3) is 5.71. The number of hydrogen-bond donors (Lipinski definition) is 2. The zero-order chi connectivity index (χ0) is 21.7. The molecule has 1 fully saturated rings. The predicted molar refractivity (Wildman–Crippen MR) is 114 cm³/mol. The summed E-state index contributed by atoms with van der Waals surface area (Å²) in [6, 6.07) is 9.14. The summed E-state index contributed by atoms with van der Waals surface area (Å²) in [5.74, 6) is -1.63. The molecule has 30 heavy (non-hydrogen) atoms. The molecule has 1 heterocycles. The Hall–Kier alpha value is -2.62. The molecule has 0 aromatic heterocycles. The zero-order valence-corrected chi connectivity index (χ0v) is 17.5. The number of thioether (sulfide) groups is 1.